The molecule has 0 aliphatic rings. The average Bonchev–Trinajstić information content (AvgIpc) is 2.15. The summed E-state index contributed by atoms with van der Waals surface area (Å²) in [6.45, 7) is 3.76. The Balaban J connectivity index is 2.95. The van der Waals surface area contributed by atoms with Crippen molar-refractivity contribution >= 4 is 39.3 Å². The Labute approximate surface area is 100 Å². The molecule has 0 radical (unpaired) electrons. The van der Waals surface area contributed by atoms with E-state index in [1.807, 2.05) is 0 Å². The fourth-order valence-electron chi connectivity index (χ4n) is 0.923. The van der Waals surface area contributed by atoms with Crippen LogP contribution in [-0.4, -0.2) is 22.6 Å². The molecule has 6 heteroatoms. The highest BCUT2D eigenvalue weighted by Crippen LogP contribution is 2.18. The molecule has 1 aromatic heterocycles. The molecule has 0 amide bonds. The van der Waals surface area contributed by atoms with Crippen LogP contribution in [0.3, 0.4) is 0 Å². The van der Waals surface area contributed by atoms with Crippen molar-refractivity contribution in [2.24, 2.45) is 0 Å². The second kappa shape index (κ2) is 5.14. The van der Waals surface area contributed by atoms with E-state index in [0.717, 1.165) is 0 Å². The van der Waals surface area contributed by atoms with E-state index in [9.17, 15) is 4.79 Å². The Morgan fingerprint density at radius 1 is 1.73 bits per heavy atom. The minimum Gasteiger partial charge on any atom is -0.478 e. The third-order valence-corrected chi connectivity index (χ3v) is 2.10. The summed E-state index contributed by atoms with van der Waals surface area (Å²) in [5.74, 6) is -0.779. The molecule has 0 bridgehead atoms. The number of carbonyl (C=O) groups is 1. The van der Waals surface area contributed by atoms with E-state index in [4.69, 9.17) is 16.7 Å². The zero-order chi connectivity index (χ0) is 11.4. The third-order valence-electron chi connectivity index (χ3n) is 1.53. The van der Waals surface area contributed by atoms with Gasteiger partial charge in [0, 0.05) is 15.7 Å². The topological polar surface area (TPSA) is 62.2 Å². The lowest BCUT2D eigenvalue weighted by molar-refractivity contribution is 0.0697. The lowest BCUT2D eigenvalue weighted by atomic mass is 10.2. The van der Waals surface area contributed by atoms with Crippen molar-refractivity contribution < 1.29 is 9.90 Å². The van der Waals surface area contributed by atoms with Crippen LogP contribution < -0.4 is 5.32 Å². The number of carboxylic acid groups (broad SMARTS) is 1. The minimum absolute atomic E-state index is 0.0855. The van der Waals surface area contributed by atoms with Crippen LogP contribution in [0.25, 0.3) is 0 Å². The highest BCUT2D eigenvalue weighted by Gasteiger charge is 2.11. The standard InChI is InChI=1S/C9H8BrClN2O2/c1-5(11)3-12-8-7(9(14)15)2-6(10)4-13-8/h2,4H,1,3H2,(H,12,13)(H,14,15). The van der Waals surface area contributed by atoms with E-state index in [1.165, 1.54) is 12.3 Å². The molecule has 0 aliphatic heterocycles. The molecule has 1 heterocycles. The molecule has 0 atom stereocenters. The maximum absolute atomic E-state index is 10.9. The van der Waals surface area contributed by atoms with Crippen molar-refractivity contribution in [1.82, 2.24) is 4.98 Å². The molecule has 0 saturated heterocycles. The Morgan fingerprint density at radius 3 is 2.93 bits per heavy atom. The molecule has 0 spiro atoms. The fourth-order valence-corrected chi connectivity index (χ4v) is 1.32. The summed E-state index contributed by atoms with van der Waals surface area (Å²) < 4.78 is 0.607. The largest absolute Gasteiger partial charge is 0.478 e. The van der Waals surface area contributed by atoms with Gasteiger partial charge in [0.25, 0.3) is 0 Å². The van der Waals surface area contributed by atoms with Crippen molar-refractivity contribution in [3.05, 3.63) is 33.9 Å². The van der Waals surface area contributed by atoms with Gasteiger partial charge in [0.2, 0.25) is 0 Å². The molecule has 15 heavy (non-hydrogen) atoms. The molecule has 2 N–H and O–H groups in total. The first-order valence-corrected chi connectivity index (χ1v) is 5.14. The van der Waals surface area contributed by atoms with Gasteiger partial charge in [-0.05, 0) is 22.0 Å². The number of carboxylic acids is 1. The van der Waals surface area contributed by atoms with Crippen molar-refractivity contribution in [2.75, 3.05) is 11.9 Å². The highest BCUT2D eigenvalue weighted by molar-refractivity contribution is 9.10. The van der Waals surface area contributed by atoms with Crippen LogP contribution in [-0.2, 0) is 0 Å². The molecule has 1 aromatic rings. The summed E-state index contributed by atoms with van der Waals surface area (Å²) in [7, 11) is 0. The molecular formula is C9H8BrClN2O2. The number of hydrogen-bond donors (Lipinski definition) is 2. The Hall–Kier alpha value is -1.07. The normalized spacial score (nSPS) is 9.73. The van der Waals surface area contributed by atoms with Crippen LogP contribution >= 0.6 is 27.5 Å². The molecule has 1 rings (SSSR count). The number of aromatic carboxylic acids is 1. The van der Waals surface area contributed by atoms with E-state index in [1.54, 1.807) is 0 Å². The lowest BCUT2D eigenvalue weighted by Crippen LogP contribution is -2.09. The molecule has 80 valence electrons. The second-order valence-corrected chi connectivity index (χ2v) is 4.18. The average molecular weight is 292 g/mol. The zero-order valence-corrected chi connectivity index (χ0v) is 9.97. The molecule has 0 fully saturated rings. The number of halogens is 2. The molecule has 0 aliphatic carbocycles. The zero-order valence-electron chi connectivity index (χ0n) is 7.63. The summed E-state index contributed by atoms with van der Waals surface area (Å²) in [6, 6.07) is 1.47. The third kappa shape index (κ3) is 3.53. The van der Waals surface area contributed by atoms with E-state index in [-0.39, 0.29) is 17.9 Å². The molecule has 4 nitrogen and oxygen atoms in total. The van der Waals surface area contributed by atoms with E-state index >= 15 is 0 Å². The number of nitrogens with zero attached hydrogens (tertiary/aromatic N) is 1. The minimum atomic E-state index is -1.05. The fraction of sp³-hybridized carbons (Fsp3) is 0.111. The Bertz CT molecular complexity index is 409. The maximum Gasteiger partial charge on any atom is 0.339 e. The Morgan fingerprint density at radius 2 is 2.40 bits per heavy atom. The second-order valence-electron chi connectivity index (χ2n) is 2.73. The SMILES string of the molecule is C=C(Cl)CNc1ncc(Br)cc1C(=O)O. The molecule has 0 unspecified atom stereocenters. The first-order valence-electron chi connectivity index (χ1n) is 3.96. The van der Waals surface area contributed by atoms with Crippen molar-refractivity contribution in [2.45, 2.75) is 0 Å². The van der Waals surface area contributed by atoms with Gasteiger partial charge in [-0.25, -0.2) is 9.78 Å². The molecule has 0 aromatic carbocycles. The van der Waals surface area contributed by atoms with Crippen molar-refractivity contribution in [3.8, 4) is 0 Å². The summed E-state index contributed by atoms with van der Waals surface area (Å²) >= 11 is 8.70. The van der Waals surface area contributed by atoms with Crippen molar-refractivity contribution in [1.29, 1.82) is 0 Å². The van der Waals surface area contributed by atoms with Crippen LogP contribution in [0.5, 0.6) is 0 Å². The van der Waals surface area contributed by atoms with Crippen LogP contribution in [0.1, 0.15) is 10.4 Å². The van der Waals surface area contributed by atoms with Gasteiger partial charge in [-0.3, -0.25) is 0 Å². The lowest BCUT2D eigenvalue weighted by Gasteiger charge is -2.07. The van der Waals surface area contributed by atoms with Gasteiger partial charge in [0.1, 0.15) is 11.4 Å². The molecule has 0 saturated carbocycles. The monoisotopic (exact) mass is 290 g/mol. The number of aromatic nitrogens is 1. The predicted octanol–water partition coefficient (Wildman–Crippen LogP) is 2.71. The maximum atomic E-state index is 10.9. The van der Waals surface area contributed by atoms with Crippen LogP contribution in [0.15, 0.2) is 28.3 Å². The van der Waals surface area contributed by atoms with Crippen LogP contribution in [0, 0.1) is 0 Å². The van der Waals surface area contributed by atoms with Gasteiger partial charge < -0.3 is 10.4 Å². The smallest absolute Gasteiger partial charge is 0.339 e. The van der Waals surface area contributed by atoms with Gasteiger partial charge in [0.15, 0.2) is 0 Å². The van der Waals surface area contributed by atoms with E-state index in [2.05, 4.69) is 32.8 Å². The van der Waals surface area contributed by atoms with Gasteiger partial charge >= 0.3 is 5.97 Å². The van der Waals surface area contributed by atoms with E-state index < -0.39 is 5.97 Å². The number of nitrogens with one attached hydrogen (secondary N) is 1. The van der Waals surface area contributed by atoms with Gasteiger partial charge in [-0.2, -0.15) is 0 Å². The summed E-state index contributed by atoms with van der Waals surface area (Å²) in [5, 5.41) is 12.1. The summed E-state index contributed by atoms with van der Waals surface area (Å²) in [4.78, 5) is 14.8. The van der Waals surface area contributed by atoms with Crippen LogP contribution in [0.4, 0.5) is 5.82 Å². The summed E-state index contributed by atoms with van der Waals surface area (Å²) in [6.07, 6.45) is 1.51. The van der Waals surface area contributed by atoms with Crippen LogP contribution in [0.2, 0.25) is 0 Å². The predicted molar refractivity (Wildman–Crippen MR) is 62.4 cm³/mol. The van der Waals surface area contributed by atoms with Gasteiger partial charge in [0.05, 0.1) is 6.54 Å². The number of pyridine rings is 1. The number of anilines is 1. The number of hydrogen-bond acceptors (Lipinski definition) is 3. The molecular weight excluding hydrogens is 283 g/mol. The number of rotatable bonds is 4. The van der Waals surface area contributed by atoms with Crippen molar-refractivity contribution in [3.63, 3.8) is 0 Å². The van der Waals surface area contributed by atoms with E-state index in [0.29, 0.717) is 9.51 Å². The quantitative estimate of drug-likeness (QED) is 0.895. The summed E-state index contributed by atoms with van der Waals surface area (Å²) in [5.41, 5.74) is 0.0855. The first kappa shape index (κ1) is 12.0. The highest BCUT2D eigenvalue weighted by atomic mass is 79.9. The first-order chi connectivity index (χ1) is 7.00. The Kier molecular flexibility index (Phi) is 4.11. The van der Waals surface area contributed by atoms with Gasteiger partial charge in [-0.15, -0.1) is 0 Å². The van der Waals surface area contributed by atoms with Gasteiger partial charge in [-0.1, -0.05) is 18.2 Å².